The van der Waals surface area contributed by atoms with Crippen molar-refractivity contribution < 1.29 is 17.9 Å². The van der Waals surface area contributed by atoms with Crippen LogP contribution in [0.15, 0.2) is 36.4 Å². The Hall–Kier alpha value is -1.46. The molecule has 0 unspecified atom stereocenters. The molecule has 0 atom stereocenters. The lowest BCUT2D eigenvalue weighted by molar-refractivity contribution is -0.137. The molecule has 2 rings (SSSR count). The molecule has 2 nitrogen and oxygen atoms in total. The minimum atomic E-state index is -4.57. The van der Waals surface area contributed by atoms with Crippen molar-refractivity contribution in [1.82, 2.24) is 0 Å². The maximum absolute atomic E-state index is 12.9. The molecule has 7 heteroatoms. The summed E-state index contributed by atoms with van der Waals surface area (Å²) in [5, 5.41) is 8.78. The zero-order valence-electron chi connectivity index (χ0n) is 11.6. The number of alkyl halides is 4. The van der Waals surface area contributed by atoms with E-state index < -0.39 is 16.8 Å². The maximum Gasteiger partial charge on any atom is 0.417 e. The molecular formula is C16H10ClF3INO. The summed E-state index contributed by atoms with van der Waals surface area (Å²) in [7, 11) is 0. The first-order valence-corrected chi connectivity index (χ1v) is 8.39. The minimum absolute atomic E-state index is 0.0279. The van der Waals surface area contributed by atoms with Crippen LogP contribution in [0, 0.1) is 11.3 Å². The van der Waals surface area contributed by atoms with Crippen LogP contribution in [0.4, 0.5) is 13.2 Å². The van der Waals surface area contributed by atoms with E-state index in [-0.39, 0.29) is 17.1 Å². The summed E-state index contributed by atoms with van der Waals surface area (Å²) < 4.78 is 44.9. The summed E-state index contributed by atoms with van der Waals surface area (Å²) in [4.78, 5) is 0. The van der Waals surface area contributed by atoms with Gasteiger partial charge in [0.15, 0.2) is 0 Å². The zero-order valence-corrected chi connectivity index (χ0v) is 14.5. The molecule has 2 aromatic rings. The highest BCUT2D eigenvalue weighted by molar-refractivity contribution is 14.1. The quantitative estimate of drug-likeness (QED) is 0.422. The number of nitriles is 1. The van der Waals surface area contributed by atoms with Gasteiger partial charge in [-0.3, -0.25) is 0 Å². The molecule has 0 amide bonds. The third kappa shape index (κ3) is 4.52. The van der Waals surface area contributed by atoms with E-state index in [2.05, 4.69) is 22.6 Å². The van der Waals surface area contributed by atoms with Crippen LogP contribution >= 0.6 is 34.2 Å². The summed E-state index contributed by atoms with van der Waals surface area (Å²) >= 11 is 7.79. The predicted octanol–water partition coefficient (Wildman–Crippen LogP) is 6.00. The number of halogens is 5. The van der Waals surface area contributed by atoms with Crippen LogP contribution in [0.25, 0.3) is 0 Å². The Bertz CT molecular complexity index is 756. The van der Waals surface area contributed by atoms with E-state index in [9.17, 15) is 18.4 Å². The molecule has 0 spiro atoms. The zero-order chi connectivity index (χ0) is 17.0. The molecule has 0 aliphatic heterocycles. The minimum Gasteiger partial charge on any atom is -0.456 e. The molecule has 0 radical (unpaired) electrons. The number of hydrogen-bond donors (Lipinski definition) is 0. The smallest absolute Gasteiger partial charge is 0.417 e. The summed E-state index contributed by atoms with van der Waals surface area (Å²) in [5.74, 6) is 0.181. The second kappa shape index (κ2) is 7.41. The van der Waals surface area contributed by atoms with Gasteiger partial charge in [-0.05, 0) is 42.3 Å². The molecule has 0 saturated carbocycles. The Kier molecular flexibility index (Phi) is 5.76. The van der Waals surface area contributed by atoms with E-state index >= 15 is 0 Å². The van der Waals surface area contributed by atoms with Crippen molar-refractivity contribution in [1.29, 1.82) is 5.26 Å². The van der Waals surface area contributed by atoms with Gasteiger partial charge in [0.05, 0.1) is 16.1 Å². The number of nitrogens with zero attached hydrogens (tertiary/aromatic N) is 1. The highest BCUT2D eigenvalue weighted by Gasteiger charge is 2.33. The third-order valence-corrected chi connectivity index (χ3v) is 3.89. The van der Waals surface area contributed by atoms with Gasteiger partial charge in [0, 0.05) is 4.43 Å². The van der Waals surface area contributed by atoms with Crippen molar-refractivity contribution in [2.75, 3.05) is 4.43 Å². The molecule has 0 fully saturated rings. The standard InChI is InChI=1S/C16H10ClF3INO/c17-14-3-2-12(8-13(14)16(18,19)20)23-15-4-1-10(5-6-21)7-11(15)9-22/h1-4,7-8H,5-6H2. The van der Waals surface area contributed by atoms with Crippen LogP contribution in [-0.2, 0) is 12.6 Å². The summed E-state index contributed by atoms with van der Waals surface area (Å²) in [6.07, 6.45) is -3.77. The van der Waals surface area contributed by atoms with Crippen molar-refractivity contribution in [3.63, 3.8) is 0 Å². The van der Waals surface area contributed by atoms with Crippen LogP contribution < -0.4 is 4.74 Å². The van der Waals surface area contributed by atoms with Crippen LogP contribution in [0.5, 0.6) is 11.5 Å². The summed E-state index contributed by atoms with van der Waals surface area (Å²) in [6.45, 7) is 0. The Morgan fingerprint density at radius 1 is 1.17 bits per heavy atom. The largest absolute Gasteiger partial charge is 0.456 e. The lowest BCUT2D eigenvalue weighted by Gasteiger charge is -2.13. The summed E-state index contributed by atoms with van der Waals surface area (Å²) in [6, 6.07) is 10.3. The highest BCUT2D eigenvalue weighted by Crippen LogP contribution is 2.38. The van der Waals surface area contributed by atoms with Crippen LogP contribution in [-0.4, -0.2) is 4.43 Å². The van der Waals surface area contributed by atoms with Crippen LogP contribution in [0.1, 0.15) is 16.7 Å². The number of aryl methyl sites for hydroxylation is 1. The van der Waals surface area contributed by atoms with E-state index in [1.807, 2.05) is 6.07 Å². The Labute approximate surface area is 150 Å². The van der Waals surface area contributed by atoms with Gasteiger partial charge in [0.2, 0.25) is 0 Å². The molecule has 23 heavy (non-hydrogen) atoms. The molecule has 0 aromatic heterocycles. The Morgan fingerprint density at radius 2 is 1.91 bits per heavy atom. The van der Waals surface area contributed by atoms with Crippen molar-refractivity contribution in [3.8, 4) is 17.6 Å². The summed E-state index contributed by atoms with van der Waals surface area (Å²) in [5.41, 5.74) is 0.267. The third-order valence-electron chi connectivity index (χ3n) is 3.02. The van der Waals surface area contributed by atoms with E-state index in [1.165, 1.54) is 6.07 Å². The molecule has 0 saturated heterocycles. The van der Waals surface area contributed by atoms with Gasteiger partial charge in [-0.15, -0.1) is 0 Å². The fourth-order valence-electron chi connectivity index (χ4n) is 1.93. The SMILES string of the molecule is N#Cc1cc(CCI)ccc1Oc1ccc(Cl)c(C(F)(F)F)c1. The number of hydrogen-bond acceptors (Lipinski definition) is 2. The van der Waals surface area contributed by atoms with Gasteiger partial charge in [-0.2, -0.15) is 18.4 Å². The number of benzene rings is 2. The van der Waals surface area contributed by atoms with E-state index in [0.717, 1.165) is 28.5 Å². The number of ether oxygens (including phenoxy) is 1. The van der Waals surface area contributed by atoms with Crippen LogP contribution in [0.3, 0.4) is 0 Å². The highest BCUT2D eigenvalue weighted by atomic mass is 127. The molecule has 0 aliphatic carbocycles. The topological polar surface area (TPSA) is 33.0 Å². The molecule has 0 heterocycles. The normalized spacial score (nSPS) is 11.1. The number of rotatable bonds is 4. The molecule has 0 N–H and O–H groups in total. The van der Waals surface area contributed by atoms with Crippen molar-refractivity contribution in [3.05, 3.63) is 58.1 Å². The van der Waals surface area contributed by atoms with Gasteiger partial charge in [-0.25, -0.2) is 0 Å². The van der Waals surface area contributed by atoms with E-state index in [4.69, 9.17) is 16.3 Å². The second-order valence-electron chi connectivity index (χ2n) is 4.62. The maximum atomic E-state index is 12.9. The van der Waals surface area contributed by atoms with E-state index in [0.29, 0.717) is 0 Å². The average Bonchev–Trinajstić information content (AvgIpc) is 2.49. The predicted molar refractivity (Wildman–Crippen MR) is 90.3 cm³/mol. The van der Waals surface area contributed by atoms with Crippen molar-refractivity contribution in [2.24, 2.45) is 0 Å². The van der Waals surface area contributed by atoms with Gasteiger partial charge in [0.25, 0.3) is 0 Å². The fourth-order valence-corrected chi connectivity index (χ4v) is 2.78. The van der Waals surface area contributed by atoms with Crippen LogP contribution in [0.2, 0.25) is 5.02 Å². The Balaban J connectivity index is 2.35. The van der Waals surface area contributed by atoms with Gasteiger partial charge < -0.3 is 4.74 Å². The van der Waals surface area contributed by atoms with Gasteiger partial charge in [-0.1, -0.05) is 40.3 Å². The molecular weight excluding hydrogens is 442 g/mol. The first-order chi connectivity index (χ1) is 10.8. The monoisotopic (exact) mass is 451 g/mol. The van der Waals surface area contributed by atoms with Crippen molar-refractivity contribution in [2.45, 2.75) is 12.6 Å². The van der Waals surface area contributed by atoms with Gasteiger partial charge >= 0.3 is 6.18 Å². The first-order valence-electron chi connectivity index (χ1n) is 6.48. The van der Waals surface area contributed by atoms with Crippen molar-refractivity contribution >= 4 is 34.2 Å². The second-order valence-corrected chi connectivity index (χ2v) is 6.11. The Morgan fingerprint density at radius 3 is 2.52 bits per heavy atom. The lowest BCUT2D eigenvalue weighted by atomic mass is 10.1. The first kappa shape index (κ1) is 17.9. The molecule has 120 valence electrons. The van der Waals surface area contributed by atoms with Gasteiger partial charge in [0.1, 0.15) is 17.6 Å². The van der Waals surface area contributed by atoms with E-state index in [1.54, 1.807) is 18.2 Å². The molecule has 0 bridgehead atoms. The lowest BCUT2D eigenvalue weighted by Crippen LogP contribution is -2.06. The molecule has 0 aliphatic rings. The fraction of sp³-hybridized carbons (Fsp3) is 0.188. The average molecular weight is 452 g/mol. The molecule has 2 aromatic carbocycles.